The van der Waals surface area contributed by atoms with Gasteiger partial charge in [0.1, 0.15) is 11.6 Å². The molecule has 0 saturated carbocycles. The highest BCUT2D eigenvalue weighted by Crippen LogP contribution is 2.26. The van der Waals surface area contributed by atoms with Gasteiger partial charge in [0.05, 0.1) is 11.7 Å². The van der Waals surface area contributed by atoms with E-state index in [0.717, 1.165) is 57.1 Å². The lowest BCUT2D eigenvalue weighted by Gasteiger charge is -2.21. The second kappa shape index (κ2) is 8.12. The van der Waals surface area contributed by atoms with Gasteiger partial charge in [-0.05, 0) is 18.5 Å². The van der Waals surface area contributed by atoms with Gasteiger partial charge in [0, 0.05) is 44.0 Å². The molecule has 0 amide bonds. The Morgan fingerprint density at radius 1 is 1.12 bits per heavy atom. The number of benzene rings is 1. The van der Waals surface area contributed by atoms with Crippen LogP contribution in [0.15, 0.2) is 30.3 Å². The maximum absolute atomic E-state index is 4.81. The van der Waals surface area contributed by atoms with Gasteiger partial charge < -0.3 is 10.6 Å². The molecule has 1 saturated heterocycles. The van der Waals surface area contributed by atoms with E-state index in [1.165, 1.54) is 16.8 Å². The second-order valence-corrected chi connectivity index (χ2v) is 7.07. The van der Waals surface area contributed by atoms with Crippen LogP contribution in [0.25, 0.3) is 0 Å². The molecule has 1 aromatic carbocycles. The molecule has 2 aromatic rings. The van der Waals surface area contributed by atoms with Gasteiger partial charge in [-0.15, -0.1) is 0 Å². The van der Waals surface area contributed by atoms with Crippen molar-refractivity contribution in [3.05, 3.63) is 53.0 Å². The fourth-order valence-electron chi connectivity index (χ4n) is 3.87. The molecule has 4 N–H and O–H groups in total. The summed E-state index contributed by atoms with van der Waals surface area (Å²) >= 11 is 0. The largest absolute Gasteiger partial charge is 0.369 e. The Balaban J connectivity index is 1.52. The van der Waals surface area contributed by atoms with Crippen molar-refractivity contribution in [2.24, 2.45) is 5.92 Å². The molecule has 2 aliphatic heterocycles. The summed E-state index contributed by atoms with van der Waals surface area (Å²) < 4.78 is 0. The van der Waals surface area contributed by atoms with Crippen molar-refractivity contribution in [2.45, 2.75) is 32.2 Å². The summed E-state index contributed by atoms with van der Waals surface area (Å²) in [6.45, 7) is 5.95. The van der Waals surface area contributed by atoms with Crippen LogP contribution in [-0.4, -0.2) is 36.1 Å². The fourth-order valence-corrected chi connectivity index (χ4v) is 3.87. The minimum atomic E-state index is 0.316. The van der Waals surface area contributed by atoms with E-state index in [-0.39, 0.29) is 0 Å². The van der Waals surface area contributed by atoms with Crippen LogP contribution in [0.1, 0.15) is 35.6 Å². The molecule has 1 fully saturated rings. The molecular weight excluding hydrogens is 324 g/mol. The van der Waals surface area contributed by atoms with Crippen LogP contribution in [0.3, 0.4) is 0 Å². The van der Waals surface area contributed by atoms with Crippen LogP contribution in [-0.2, 0) is 19.3 Å². The van der Waals surface area contributed by atoms with Crippen molar-refractivity contribution in [3.63, 3.8) is 0 Å². The highest BCUT2D eigenvalue weighted by Gasteiger charge is 2.28. The van der Waals surface area contributed by atoms with Crippen LogP contribution >= 0.6 is 0 Å². The van der Waals surface area contributed by atoms with Gasteiger partial charge in [0.2, 0.25) is 0 Å². The van der Waals surface area contributed by atoms with Gasteiger partial charge in [-0.1, -0.05) is 37.3 Å². The molecule has 6 heteroatoms. The Labute approximate surface area is 155 Å². The zero-order chi connectivity index (χ0) is 17.8. The number of hydrazine groups is 1. The highest BCUT2D eigenvalue weighted by atomic mass is 15.4. The van der Waals surface area contributed by atoms with Crippen LogP contribution < -0.4 is 21.5 Å². The third-order valence-electron chi connectivity index (χ3n) is 5.33. The molecule has 6 nitrogen and oxygen atoms in total. The first kappa shape index (κ1) is 17.4. The second-order valence-electron chi connectivity index (χ2n) is 7.07. The smallest absolute Gasteiger partial charge is 0.133 e. The lowest BCUT2D eigenvalue weighted by Crippen LogP contribution is -2.26. The number of hydrogen-bond acceptors (Lipinski definition) is 6. The monoisotopic (exact) mass is 352 g/mol. The summed E-state index contributed by atoms with van der Waals surface area (Å²) in [7, 11) is 0. The van der Waals surface area contributed by atoms with Crippen LogP contribution in [0.5, 0.6) is 0 Å². The number of aryl methyl sites for hydroxylation is 1. The number of nitrogens with zero attached hydrogens (tertiary/aromatic N) is 2. The van der Waals surface area contributed by atoms with Crippen molar-refractivity contribution in [1.29, 1.82) is 0 Å². The van der Waals surface area contributed by atoms with E-state index in [0.29, 0.717) is 12.0 Å². The molecule has 26 heavy (non-hydrogen) atoms. The lowest BCUT2D eigenvalue weighted by molar-refractivity contribution is 0.492. The van der Waals surface area contributed by atoms with Gasteiger partial charge in [-0.25, -0.2) is 15.4 Å². The maximum atomic E-state index is 4.81. The normalized spacial score (nSPS) is 22.7. The molecule has 4 rings (SSSR count). The van der Waals surface area contributed by atoms with Gasteiger partial charge in [-0.2, -0.15) is 0 Å². The van der Waals surface area contributed by atoms with E-state index in [1.54, 1.807) is 0 Å². The average molecular weight is 352 g/mol. The lowest BCUT2D eigenvalue weighted by atomic mass is 9.95. The molecule has 2 atom stereocenters. The molecule has 0 aliphatic carbocycles. The molecule has 0 spiro atoms. The summed E-state index contributed by atoms with van der Waals surface area (Å²) in [5.41, 5.74) is 10.6. The highest BCUT2D eigenvalue weighted by molar-refractivity contribution is 5.48. The van der Waals surface area contributed by atoms with Crippen LogP contribution in [0, 0.1) is 5.92 Å². The van der Waals surface area contributed by atoms with Gasteiger partial charge in [-0.3, -0.25) is 5.43 Å². The van der Waals surface area contributed by atoms with Crippen molar-refractivity contribution in [2.75, 3.05) is 31.5 Å². The van der Waals surface area contributed by atoms with E-state index >= 15 is 0 Å². The van der Waals surface area contributed by atoms with Crippen molar-refractivity contribution >= 4 is 5.82 Å². The van der Waals surface area contributed by atoms with Gasteiger partial charge in [0.15, 0.2) is 0 Å². The Morgan fingerprint density at radius 2 is 1.96 bits per heavy atom. The summed E-state index contributed by atoms with van der Waals surface area (Å²) in [6.07, 6.45) is 2.85. The van der Waals surface area contributed by atoms with Crippen molar-refractivity contribution in [3.8, 4) is 0 Å². The van der Waals surface area contributed by atoms with E-state index < -0.39 is 0 Å². The number of anilines is 1. The molecule has 3 heterocycles. The van der Waals surface area contributed by atoms with E-state index in [1.807, 2.05) is 0 Å². The number of aromatic nitrogens is 2. The topological polar surface area (TPSA) is 73.9 Å². The minimum Gasteiger partial charge on any atom is -0.369 e. The molecule has 2 aliphatic rings. The first-order valence-electron chi connectivity index (χ1n) is 9.71. The van der Waals surface area contributed by atoms with Crippen molar-refractivity contribution < 1.29 is 0 Å². The summed E-state index contributed by atoms with van der Waals surface area (Å²) in [5.74, 6) is 2.45. The third kappa shape index (κ3) is 3.72. The molecular formula is C20H28N6. The maximum Gasteiger partial charge on any atom is 0.133 e. The molecule has 2 unspecified atom stereocenters. The average Bonchev–Trinajstić information content (AvgIpc) is 3.03. The molecule has 138 valence electrons. The first-order valence-corrected chi connectivity index (χ1v) is 9.71. The SMILES string of the molecule is CCc1nc2c(c(NCC3CNNC3c3ccccc3)n1)CCNCC2. The number of fused-ring (bicyclic) bond motifs is 1. The van der Waals surface area contributed by atoms with Crippen LogP contribution in [0.2, 0.25) is 0 Å². The predicted molar refractivity (Wildman–Crippen MR) is 104 cm³/mol. The Hall–Kier alpha value is -2.02. The van der Waals surface area contributed by atoms with Crippen molar-refractivity contribution in [1.82, 2.24) is 26.1 Å². The van der Waals surface area contributed by atoms with E-state index in [9.17, 15) is 0 Å². The standard InChI is InChI=1S/C20H28N6/c1-2-18-24-17-9-11-21-10-8-16(17)20(25-18)22-12-15-13-23-26-19(15)14-6-4-3-5-7-14/h3-7,15,19,21,23,26H,2,8-13H2,1H3,(H,22,24,25). The zero-order valence-electron chi connectivity index (χ0n) is 15.4. The number of nitrogens with one attached hydrogen (secondary N) is 4. The number of hydrogen-bond donors (Lipinski definition) is 4. The molecule has 0 bridgehead atoms. The van der Waals surface area contributed by atoms with E-state index in [2.05, 4.69) is 58.7 Å². The van der Waals surface area contributed by atoms with Crippen LogP contribution in [0.4, 0.5) is 5.82 Å². The Bertz CT molecular complexity index is 733. The zero-order valence-corrected chi connectivity index (χ0v) is 15.4. The molecule has 0 radical (unpaired) electrons. The van der Waals surface area contributed by atoms with E-state index in [4.69, 9.17) is 9.97 Å². The predicted octanol–water partition coefficient (Wildman–Crippen LogP) is 1.60. The summed E-state index contributed by atoms with van der Waals surface area (Å²) in [4.78, 5) is 9.59. The first-order chi connectivity index (χ1) is 12.8. The van der Waals surface area contributed by atoms with Gasteiger partial charge in [0.25, 0.3) is 0 Å². The summed E-state index contributed by atoms with van der Waals surface area (Å²) in [6, 6.07) is 11.0. The summed E-state index contributed by atoms with van der Waals surface area (Å²) in [5, 5.41) is 7.13. The minimum absolute atomic E-state index is 0.316. The fraction of sp³-hybridized carbons (Fsp3) is 0.500. The third-order valence-corrected chi connectivity index (χ3v) is 5.33. The number of rotatable bonds is 5. The van der Waals surface area contributed by atoms with Gasteiger partial charge >= 0.3 is 0 Å². The Morgan fingerprint density at radius 3 is 2.81 bits per heavy atom. The molecule has 1 aromatic heterocycles. The quantitative estimate of drug-likeness (QED) is 0.655. The Kier molecular flexibility index (Phi) is 5.43.